The molecule has 0 saturated carbocycles. The van der Waals surface area contributed by atoms with Crippen molar-refractivity contribution in [3.8, 4) is 0 Å². The molecule has 1 saturated heterocycles. The van der Waals surface area contributed by atoms with E-state index < -0.39 is 0 Å². The molecule has 3 heteroatoms. The molecule has 1 aliphatic rings. The summed E-state index contributed by atoms with van der Waals surface area (Å²) in [6.07, 6.45) is 6.94. The summed E-state index contributed by atoms with van der Waals surface area (Å²) in [7, 11) is 0. The van der Waals surface area contributed by atoms with Gasteiger partial charge in [0.05, 0.1) is 6.10 Å². The molecule has 2 rings (SSSR count). The van der Waals surface area contributed by atoms with Gasteiger partial charge in [0.1, 0.15) is 0 Å². The summed E-state index contributed by atoms with van der Waals surface area (Å²) in [4.78, 5) is 6.53. The SMILES string of the molecule is CC(O)C1CCN(CCc2ccncc2)CC1. The number of hydrogen-bond acceptors (Lipinski definition) is 3. The second kappa shape index (κ2) is 6.12. The molecule has 0 spiro atoms. The van der Waals surface area contributed by atoms with Crippen LogP contribution in [0.25, 0.3) is 0 Å². The molecule has 1 unspecified atom stereocenters. The Hall–Kier alpha value is -0.930. The van der Waals surface area contributed by atoms with E-state index in [0.717, 1.165) is 38.9 Å². The summed E-state index contributed by atoms with van der Waals surface area (Å²) in [6.45, 7) is 5.29. The molecule has 17 heavy (non-hydrogen) atoms. The highest BCUT2D eigenvalue weighted by molar-refractivity contribution is 5.09. The van der Waals surface area contributed by atoms with Crippen LogP contribution in [0.2, 0.25) is 0 Å². The van der Waals surface area contributed by atoms with Gasteiger partial charge in [-0.25, -0.2) is 0 Å². The molecule has 0 aromatic carbocycles. The highest BCUT2D eigenvalue weighted by atomic mass is 16.3. The van der Waals surface area contributed by atoms with E-state index in [2.05, 4.69) is 22.0 Å². The highest BCUT2D eigenvalue weighted by Gasteiger charge is 2.22. The quantitative estimate of drug-likeness (QED) is 0.861. The third-order valence-corrected chi connectivity index (χ3v) is 3.78. The van der Waals surface area contributed by atoms with Crippen molar-refractivity contribution in [3.63, 3.8) is 0 Å². The van der Waals surface area contributed by atoms with Gasteiger partial charge in [-0.15, -0.1) is 0 Å². The van der Waals surface area contributed by atoms with Gasteiger partial charge >= 0.3 is 0 Å². The second-order valence-electron chi connectivity index (χ2n) is 5.03. The van der Waals surface area contributed by atoms with Crippen molar-refractivity contribution >= 4 is 0 Å². The average Bonchev–Trinajstić information content (AvgIpc) is 2.38. The summed E-state index contributed by atoms with van der Waals surface area (Å²) in [5, 5.41) is 9.55. The summed E-state index contributed by atoms with van der Waals surface area (Å²) >= 11 is 0. The zero-order valence-electron chi connectivity index (χ0n) is 10.5. The third kappa shape index (κ3) is 3.79. The van der Waals surface area contributed by atoms with Crippen molar-refractivity contribution in [2.45, 2.75) is 32.3 Å². The first-order valence-corrected chi connectivity index (χ1v) is 6.55. The number of aliphatic hydroxyl groups is 1. The number of rotatable bonds is 4. The van der Waals surface area contributed by atoms with Crippen LogP contribution in [-0.2, 0) is 6.42 Å². The fourth-order valence-electron chi connectivity index (χ4n) is 2.50. The molecule has 2 heterocycles. The first-order valence-electron chi connectivity index (χ1n) is 6.55. The fourth-order valence-corrected chi connectivity index (χ4v) is 2.50. The minimum Gasteiger partial charge on any atom is -0.393 e. The van der Waals surface area contributed by atoms with Crippen molar-refractivity contribution in [2.75, 3.05) is 19.6 Å². The maximum absolute atomic E-state index is 9.55. The zero-order chi connectivity index (χ0) is 12.1. The van der Waals surface area contributed by atoms with Crippen LogP contribution >= 0.6 is 0 Å². The lowest BCUT2D eigenvalue weighted by atomic mass is 9.92. The Balaban J connectivity index is 1.72. The van der Waals surface area contributed by atoms with Crippen molar-refractivity contribution in [3.05, 3.63) is 30.1 Å². The van der Waals surface area contributed by atoms with Crippen LogP contribution in [0.5, 0.6) is 0 Å². The predicted molar refractivity (Wildman–Crippen MR) is 68.8 cm³/mol. The van der Waals surface area contributed by atoms with Crippen molar-refractivity contribution < 1.29 is 5.11 Å². The van der Waals surface area contributed by atoms with E-state index in [1.54, 1.807) is 0 Å². The van der Waals surface area contributed by atoms with E-state index in [0.29, 0.717) is 5.92 Å². The van der Waals surface area contributed by atoms with Crippen LogP contribution in [0.1, 0.15) is 25.3 Å². The van der Waals surface area contributed by atoms with Crippen LogP contribution in [0.4, 0.5) is 0 Å². The molecule has 94 valence electrons. The first kappa shape index (κ1) is 12.5. The molecule has 1 aromatic heterocycles. The minimum atomic E-state index is -0.141. The van der Waals surface area contributed by atoms with Gasteiger partial charge in [-0.1, -0.05) is 0 Å². The predicted octanol–water partition coefficient (Wildman–Crippen LogP) is 1.72. The smallest absolute Gasteiger partial charge is 0.0541 e. The van der Waals surface area contributed by atoms with E-state index in [1.807, 2.05) is 19.3 Å². The van der Waals surface area contributed by atoms with E-state index >= 15 is 0 Å². The topological polar surface area (TPSA) is 36.4 Å². The van der Waals surface area contributed by atoms with Crippen LogP contribution in [0, 0.1) is 5.92 Å². The number of aliphatic hydroxyl groups excluding tert-OH is 1. The van der Waals surface area contributed by atoms with Gasteiger partial charge in [0, 0.05) is 18.9 Å². The Morgan fingerprint density at radius 1 is 1.35 bits per heavy atom. The summed E-state index contributed by atoms with van der Waals surface area (Å²) in [5.41, 5.74) is 1.36. The number of hydrogen-bond donors (Lipinski definition) is 1. The molecule has 1 aromatic rings. The number of nitrogens with zero attached hydrogens (tertiary/aromatic N) is 2. The van der Waals surface area contributed by atoms with E-state index in [1.165, 1.54) is 5.56 Å². The minimum absolute atomic E-state index is 0.141. The Bertz CT molecular complexity index is 318. The normalized spacial score (nSPS) is 20.4. The van der Waals surface area contributed by atoms with Gasteiger partial charge < -0.3 is 10.0 Å². The standard InChI is InChI=1S/C14H22N2O/c1-12(17)14-5-10-16(11-6-14)9-4-13-2-7-15-8-3-13/h2-3,7-8,12,14,17H,4-6,9-11H2,1H3. The van der Waals surface area contributed by atoms with Crippen molar-refractivity contribution in [1.29, 1.82) is 0 Å². The van der Waals surface area contributed by atoms with E-state index in [-0.39, 0.29) is 6.10 Å². The van der Waals surface area contributed by atoms with Crippen molar-refractivity contribution in [1.82, 2.24) is 9.88 Å². The largest absolute Gasteiger partial charge is 0.393 e. The lowest BCUT2D eigenvalue weighted by molar-refractivity contribution is 0.0723. The molecular formula is C14H22N2O. The molecular weight excluding hydrogens is 212 g/mol. The number of likely N-dealkylation sites (tertiary alicyclic amines) is 1. The molecule has 0 radical (unpaired) electrons. The molecule has 0 aliphatic carbocycles. The molecule has 1 atom stereocenters. The third-order valence-electron chi connectivity index (χ3n) is 3.78. The van der Waals surface area contributed by atoms with E-state index in [4.69, 9.17) is 0 Å². The first-order chi connectivity index (χ1) is 8.25. The van der Waals surface area contributed by atoms with Gasteiger partial charge in [0.25, 0.3) is 0 Å². The van der Waals surface area contributed by atoms with Crippen LogP contribution in [0.15, 0.2) is 24.5 Å². The summed E-state index contributed by atoms with van der Waals surface area (Å²) < 4.78 is 0. The molecule has 3 nitrogen and oxygen atoms in total. The van der Waals surface area contributed by atoms with Crippen LogP contribution < -0.4 is 0 Å². The van der Waals surface area contributed by atoms with Crippen LogP contribution in [0.3, 0.4) is 0 Å². The summed E-state index contributed by atoms with van der Waals surface area (Å²) in [5.74, 6) is 0.507. The van der Waals surface area contributed by atoms with Gasteiger partial charge in [-0.3, -0.25) is 4.98 Å². The Kier molecular flexibility index (Phi) is 4.51. The Morgan fingerprint density at radius 2 is 2.00 bits per heavy atom. The second-order valence-corrected chi connectivity index (χ2v) is 5.03. The molecule has 0 bridgehead atoms. The molecule has 1 N–H and O–H groups in total. The van der Waals surface area contributed by atoms with Gasteiger partial charge in [0.15, 0.2) is 0 Å². The van der Waals surface area contributed by atoms with Gasteiger partial charge in [-0.2, -0.15) is 0 Å². The maximum Gasteiger partial charge on any atom is 0.0541 e. The van der Waals surface area contributed by atoms with E-state index in [9.17, 15) is 5.11 Å². The average molecular weight is 234 g/mol. The monoisotopic (exact) mass is 234 g/mol. The lowest BCUT2D eigenvalue weighted by Gasteiger charge is -2.33. The number of piperidine rings is 1. The molecule has 0 amide bonds. The highest BCUT2D eigenvalue weighted by Crippen LogP contribution is 2.20. The Labute approximate surface area is 103 Å². The van der Waals surface area contributed by atoms with Crippen molar-refractivity contribution in [2.24, 2.45) is 5.92 Å². The number of aromatic nitrogens is 1. The molecule has 1 fully saturated rings. The van der Waals surface area contributed by atoms with Crippen LogP contribution in [-0.4, -0.2) is 40.7 Å². The maximum atomic E-state index is 9.55. The zero-order valence-corrected chi connectivity index (χ0v) is 10.5. The lowest BCUT2D eigenvalue weighted by Crippen LogP contribution is -2.38. The fraction of sp³-hybridized carbons (Fsp3) is 0.643. The van der Waals surface area contributed by atoms with Gasteiger partial charge in [0.2, 0.25) is 0 Å². The molecule has 1 aliphatic heterocycles. The Morgan fingerprint density at radius 3 is 2.59 bits per heavy atom. The summed E-state index contributed by atoms with van der Waals surface area (Å²) in [6, 6.07) is 4.17. The number of pyridine rings is 1. The van der Waals surface area contributed by atoms with Gasteiger partial charge in [-0.05, 0) is 62.9 Å².